The summed E-state index contributed by atoms with van der Waals surface area (Å²) < 4.78 is 1.47. The Morgan fingerprint density at radius 2 is 1.79 bits per heavy atom. The minimum Gasteiger partial charge on any atom is -0.324 e. The molecule has 1 atom stereocenters. The van der Waals surface area contributed by atoms with E-state index >= 15 is 0 Å². The predicted octanol–water partition coefficient (Wildman–Crippen LogP) is 1.87. The van der Waals surface area contributed by atoms with Gasteiger partial charge in [-0.1, -0.05) is 30.3 Å². The molecule has 0 bridgehead atoms. The van der Waals surface area contributed by atoms with Gasteiger partial charge in [0.25, 0.3) is 5.56 Å². The van der Waals surface area contributed by atoms with Crippen LogP contribution in [0.4, 0.5) is 5.69 Å². The number of amides is 1. The molecule has 1 aromatic heterocycles. The normalized spacial score (nSPS) is 11.7. The fourth-order valence-electron chi connectivity index (χ4n) is 2.30. The van der Waals surface area contributed by atoms with Gasteiger partial charge in [0.05, 0.1) is 6.20 Å². The van der Waals surface area contributed by atoms with Crippen LogP contribution in [0.15, 0.2) is 78.0 Å². The molecule has 3 N–H and O–H groups in total. The number of carbonyl (C=O) groups is 1. The molecule has 2 aromatic carbocycles. The van der Waals surface area contributed by atoms with E-state index in [0.29, 0.717) is 11.4 Å². The first-order chi connectivity index (χ1) is 11.6. The molecular weight excluding hydrogens is 304 g/mol. The Balaban J connectivity index is 1.74. The van der Waals surface area contributed by atoms with E-state index in [1.165, 1.54) is 17.0 Å². The zero-order chi connectivity index (χ0) is 16.9. The highest BCUT2D eigenvalue weighted by Gasteiger charge is 2.15. The maximum absolute atomic E-state index is 12.2. The molecule has 1 heterocycles. The fourth-order valence-corrected chi connectivity index (χ4v) is 2.30. The molecule has 0 aliphatic rings. The lowest BCUT2D eigenvalue weighted by Crippen LogP contribution is -2.27. The summed E-state index contributed by atoms with van der Waals surface area (Å²) in [5, 5.41) is 2.77. The van der Waals surface area contributed by atoms with Crippen molar-refractivity contribution in [2.75, 3.05) is 5.32 Å². The molecule has 0 aliphatic carbocycles. The topological polar surface area (TPSA) is 90.0 Å². The zero-order valence-corrected chi connectivity index (χ0v) is 12.8. The average Bonchev–Trinajstić information content (AvgIpc) is 2.63. The molecule has 0 spiro atoms. The van der Waals surface area contributed by atoms with Gasteiger partial charge in [-0.05, 0) is 29.8 Å². The summed E-state index contributed by atoms with van der Waals surface area (Å²) in [4.78, 5) is 27.7. The first-order valence-electron chi connectivity index (χ1n) is 7.39. The van der Waals surface area contributed by atoms with Crippen LogP contribution in [0.25, 0.3) is 5.69 Å². The Morgan fingerprint density at radius 1 is 1.08 bits per heavy atom. The van der Waals surface area contributed by atoms with Gasteiger partial charge in [-0.15, -0.1) is 0 Å². The third-order valence-electron chi connectivity index (χ3n) is 3.58. The van der Waals surface area contributed by atoms with E-state index in [0.717, 1.165) is 5.56 Å². The summed E-state index contributed by atoms with van der Waals surface area (Å²) in [6, 6.07) is 15.3. The van der Waals surface area contributed by atoms with Crippen LogP contribution in [0.1, 0.15) is 11.6 Å². The van der Waals surface area contributed by atoms with Crippen molar-refractivity contribution in [1.29, 1.82) is 0 Å². The number of benzene rings is 2. The second-order valence-corrected chi connectivity index (χ2v) is 5.21. The monoisotopic (exact) mass is 320 g/mol. The van der Waals surface area contributed by atoms with Crippen molar-refractivity contribution in [3.8, 4) is 5.69 Å². The molecule has 1 unspecified atom stereocenters. The van der Waals surface area contributed by atoms with Crippen LogP contribution in [0.2, 0.25) is 0 Å². The molecule has 24 heavy (non-hydrogen) atoms. The second kappa shape index (κ2) is 6.89. The van der Waals surface area contributed by atoms with Gasteiger partial charge in [0.2, 0.25) is 5.91 Å². The van der Waals surface area contributed by atoms with Crippen LogP contribution in [-0.2, 0) is 4.79 Å². The van der Waals surface area contributed by atoms with Crippen LogP contribution in [0, 0.1) is 0 Å². The van der Waals surface area contributed by atoms with Gasteiger partial charge in [-0.3, -0.25) is 19.1 Å². The van der Waals surface area contributed by atoms with Gasteiger partial charge in [0.15, 0.2) is 0 Å². The van der Waals surface area contributed by atoms with Crippen molar-refractivity contribution < 1.29 is 4.79 Å². The lowest BCUT2D eigenvalue weighted by molar-refractivity contribution is -0.117. The number of rotatable bonds is 4. The summed E-state index contributed by atoms with van der Waals surface area (Å²) >= 11 is 0. The van der Waals surface area contributed by atoms with Crippen molar-refractivity contribution >= 4 is 11.6 Å². The van der Waals surface area contributed by atoms with Crippen LogP contribution in [0.3, 0.4) is 0 Å². The Kier molecular flexibility index (Phi) is 4.49. The Labute approximate surface area is 138 Å². The summed E-state index contributed by atoms with van der Waals surface area (Å²) in [5.41, 5.74) is 7.78. The van der Waals surface area contributed by atoms with Gasteiger partial charge >= 0.3 is 0 Å². The molecule has 6 heteroatoms. The molecule has 3 rings (SSSR count). The Morgan fingerprint density at radius 3 is 2.46 bits per heavy atom. The SMILES string of the molecule is NC(C(=O)Nc1ccc(-n2ccncc2=O)cc1)c1ccccc1. The van der Waals surface area contributed by atoms with Gasteiger partial charge in [0.1, 0.15) is 6.04 Å². The van der Waals surface area contributed by atoms with E-state index in [2.05, 4.69) is 10.3 Å². The smallest absolute Gasteiger partial charge is 0.273 e. The van der Waals surface area contributed by atoms with Crippen LogP contribution >= 0.6 is 0 Å². The molecular formula is C18H16N4O2. The van der Waals surface area contributed by atoms with E-state index in [4.69, 9.17) is 5.73 Å². The Bertz CT molecular complexity index is 889. The number of hydrogen-bond acceptors (Lipinski definition) is 4. The molecule has 0 aliphatic heterocycles. The summed E-state index contributed by atoms with van der Waals surface area (Å²) in [6.45, 7) is 0. The van der Waals surface area contributed by atoms with Crippen LogP contribution in [0.5, 0.6) is 0 Å². The highest BCUT2D eigenvalue weighted by atomic mass is 16.2. The number of anilines is 1. The summed E-state index contributed by atoms with van der Waals surface area (Å²) in [7, 11) is 0. The number of hydrogen-bond donors (Lipinski definition) is 2. The molecule has 0 radical (unpaired) electrons. The van der Waals surface area contributed by atoms with Crippen LogP contribution in [-0.4, -0.2) is 15.5 Å². The van der Waals surface area contributed by atoms with E-state index < -0.39 is 6.04 Å². The highest BCUT2D eigenvalue weighted by molar-refractivity contribution is 5.95. The average molecular weight is 320 g/mol. The number of nitrogens with two attached hydrogens (primary N) is 1. The first-order valence-corrected chi connectivity index (χ1v) is 7.39. The largest absolute Gasteiger partial charge is 0.324 e. The van der Waals surface area contributed by atoms with Gasteiger partial charge < -0.3 is 11.1 Å². The molecule has 120 valence electrons. The van der Waals surface area contributed by atoms with Gasteiger partial charge in [-0.2, -0.15) is 0 Å². The van der Waals surface area contributed by atoms with E-state index in [9.17, 15) is 9.59 Å². The van der Waals surface area contributed by atoms with Crippen molar-refractivity contribution in [3.63, 3.8) is 0 Å². The minimum atomic E-state index is -0.742. The maximum Gasteiger partial charge on any atom is 0.273 e. The van der Waals surface area contributed by atoms with Crippen molar-refractivity contribution in [2.45, 2.75) is 6.04 Å². The van der Waals surface area contributed by atoms with Crippen molar-refractivity contribution in [2.24, 2.45) is 5.73 Å². The van der Waals surface area contributed by atoms with Crippen LogP contribution < -0.4 is 16.6 Å². The standard InChI is InChI=1S/C18H16N4O2/c19-17(13-4-2-1-3-5-13)18(24)21-14-6-8-15(9-7-14)22-11-10-20-12-16(22)23/h1-12,17H,19H2,(H,21,24). The number of nitrogens with zero attached hydrogens (tertiary/aromatic N) is 2. The number of aromatic nitrogens is 2. The molecule has 0 fully saturated rings. The third-order valence-corrected chi connectivity index (χ3v) is 3.58. The lowest BCUT2D eigenvalue weighted by Gasteiger charge is -2.13. The fraction of sp³-hybridized carbons (Fsp3) is 0.0556. The molecule has 0 saturated carbocycles. The molecule has 1 amide bonds. The molecule has 6 nitrogen and oxygen atoms in total. The zero-order valence-electron chi connectivity index (χ0n) is 12.8. The Hall–Kier alpha value is -3.25. The van der Waals surface area contributed by atoms with Crippen molar-refractivity contribution in [3.05, 3.63) is 89.1 Å². The first kappa shape index (κ1) is 15.6. The number of carbonyl (C=O) groups excluding carboxylic acids is 1. The van der Waals surface area contributed by atoms with Gasteiger partial charge in [0, 0.05) is 23.8 Å². The number of nitrogens with one attached hydrogen (secondary N) is 1. The van der Waals surface area contributed by atoms with E-state index in [-0.39, 0.29) is 11.5 Å². The quantitative estimate of drug-likeness (QED) is 0.768. The highest BCUT2D eigenvalue weighted by Crippen LogP contribution is 2.15. The minimum absolute atomic E-state index is 0.222. The van der Waals surface area contributed by atoms with Crippen molar-refractivity contribution in [1.82, 2.24) is 9.55 Å². The van der Waals surface area contributed by atoms with E-state index in [1.54, 1.807) is 30.5 Å². The third kappa shape index (κ3) is 3.39. The molecule has 0 saturated heterocycles. The van der Waals surface area contributed by atoms with Gasteiger partial charge in [-0.25, -0.2) is 0 Å². The molecule has 3 aromatic rings. The second-order valence-electron chi connectivity index (χ2n) is 5.21. The van der Waals surface area contributed by atoms with E-state index in [1.807, 2.05) is 30.3 Å². The summed E-state index contributed by atoms with van der Waals surface area (Å²) in [6.07, 6.45) is 4.37. The lowest BCUT2D eigenvalue weighted by atomic mass is 10.1. The maximum atomic E-state index is 12.2. The predicted molar refractivity (Wildman–Crippen MR) is 91.8 cm³/mol. The summed E-state index contributed by atoms with van der Waals surface area (Å²) in [5.74, 6) is -0.296.